The van der Waals surface area contributed by atoms with E-state index in [1.807, 2.05) is 37.3 Å². The van der Waals surface area contributed by atoms with Crippen LogP contribution in [0, 0.1) is 5.82 Å². The van der Waals surface area contributed by atoms with Crippen LogP contribution in [0.1, 0.15) is 35.2 Å². The zero-order valence-electron chi connectivity index (χ0n) is 26.0. The molecule has 1 atom stereocenters. The van der Waals surface area contributed by atoms with Gasteiger partial charge in [-0.2, -0.15) is 0 Å². The molecule has 1 unspecified atom stereocenters. The molecule has 0 bridgehead atoms. The number of aliphatic hydroxyl groups is 1. The third kappa shape index (κ3) is 6.90. The lowest BCUT2D eigenvalue weighted by Crippen LogP contribution is -2.29. The number of ether oxygens (including phenoxy) is 3. The Morgan fingerprint density at radius 1 is 0.938 bits per heavy atom. The molecule has 4 aromatic carbocycles. The molecule has 2 heterocycles. The van der Waals surface area contributed by atoms with E-state index in [4.69, 9.17) is 14.2 Å². The predicted molar refractivity (Wildman–Crippen MR) is 182 cm³/mol. The molecule has 6 rings (SSSR count). The van der Waals surface area contributed by atoms with E-state index in [-0.39, 0.29) is 22.3 Å². The van der Waals surface area contributed by atoms with Gasteiger partial charge in [-0.25, -0.2) is 4.39 Å². The van der Waals surface area contributed by atoms with Gasteiger partial charge in [-0.05, 0) is 66.1 Å². The largest absolute Gasteiger partial charge is 0.507 e. The zero-order chi connectivity index (χ0) is 33.6. The quantitative estimate of drug-likeness (QED) is 0.0468. The molecule has 0 spiro atoms. The molecule has 1 N–H and O–H groups in total. The SMILES string of the molecule is CCOc1ccc(/C(O)=C2/C(=O)C(=O)N(c3nnc(SCc4ccccc4F)s3)C2c2ccc(OCc3ccccc3)c(OC)c2)cc1. The van der Waals surface area contributed by atoms with Crippen LogP contribution in [0.2, 0.25) is 0 Å². The number of thioether (sulfide) groups is 1. The van der Waals surface area contributed by atoms with Crippen LogP contribution in [0.3, 0.4) is 0 Å². The van der Waals surface area contributed by atoms with Gasteiger partial charge < -0.3 is 19.3 Å². The summed E-state index contributed by atoms with van der Waals surface area (Å²) in [6, 6.07) is 26.7. The Morgan fingerprint density at radius 2 is 1.69 bits per heavy atom. The molecule has 0 aliphatic carbocycles. The third-order valence-corrected chi connectivity index (χ3v) is 9.64. The second-order valence-electron chi connectivity index (χ2n) is 10.5. The summed E-state index contributed by atoms with van der Waals surface area (Å²) >= 11 is 2.35. The summed E-state index contributed by atoms with van der Waals surface area (Å²) in [5.74, 6) is -0.738. The third-order valence-electron chi connectivity index (χ3n) is 7.53. The number of carbonyl (C=O) groups excluding carboxylic acids is 2. The van der Waals surface area contributed by atoms with E-state index in [9.17, 15) is 19.1 Å². The minimum atomic E-state index is -1.08. The Morgan fingerprint density at radius 3 is 2.42 bits per heavy atom. The van der Waals surface area contributed by atoms with Crippen LogP contribution in [0.4, 0.5) is 9.52 Å². The summed E-state index contributed by atoms with van der Waals surface area (Å²) in [5, 5.41) is 20.2. The maximum absolute atomic E-state index is 14.2. The lowest BCUT2D eigenvalue weighted by atomic mass is 9.95. The van der Waals surface area contributed by atoms with Crippen molar-refractivity contribution in [3.05, 3.63) is 131 Å². The molecule has 1 aliphatic rings. The van der Waals surface area contributed by atoms with Crippen molar-refractivity contribution in [2.75, 3.05) is 18.6 Å². The van der Waals surface area contributed by atoms with Crippen molar-refractivity contribution >= 4 is 45.7 Å². The molecule has 9 nitrogen and oxygen atoms in total. The van der Waals surface area contributed by atoms with E-state index in [1.54, 1.807) is 60.7 Å². The Hall–Kier alpha value is -5.20. The summed E-state index contributed by atoms with van der Waals surface area (Å²) in [6.07, 6.45) is 0. The van der Waals surface area contributed by atoms with Gasteiger partial charge in [-0.3, -0.25) is 14.5 Å². The number of benzene rings is 4. The standard InChI is InChI=1S/C36H30FN3O6S2/c1-3-45-26-16-13-23(14-17-26)32(41)30-31(24-15-18-28(29(19-24)44-2)46-20-22-9-5-4-6-10-22)40(34(43)33(30)42)35-38-39-36(48-35)47-21-25-11-7-8-12-27(25)37/h4-19,31,41H,3,20-21H2,1-2H3/b32-30-. The molecule has 0 radical (unpaired) electrons. The van der Waals surface area contributed by atoms with Crippen molar-refractivity contribution in [1.82, 2.24) is 10.2 Å². The number of carbonyl (C=O) groups is 2. The lowest BCUT2D eigenvalue weighted by Gasteiger charge is -2.23. The summed E-state index contributed by atoms with van der Waals surface area (Å²) < 4.78 is 31.9. The molecule has 1 aliphatic heterocycles. The van der Waals surface area contributed by atoms with Gasteiger partial charge >= 0.3 is 5.91 Å². The smallest absolute Gasteiger partial charge is 0.301 e. The average molecular weight is 684 g/mol. The zero-order valence-corrected chi connectivity index (χ0v) is 27.6. The van der Waals surface area contributed by atoms with Gasteiger partial charge in [0.2, 0.25) is 5.13 Å². The Kier molecular flexibility index (Phi) is 10.0. The second-order valence-corrected chi connectivity index (χ2v) is 12.7. The van der Waals surface area contributed by atoms with E-state index >= 15 is 0 Å². The summed E-state index contributed by atoms with van der Waals surface area (Å²) in [5.41, 5.74) is 2.14. The second kappa shape index (κ2) is 14.7. The lowest BCUT2D eigenvalue weighted by molar-refractivity contribution is -0.132. The maximum atomic E-state index is 14.2. The topological polar surface area (TPSA) is 111 Å². The number of ketones is 1. The van der Waals surface area contributed by atoms with Gasteiger partial charge in [0.25, 0.3) is 5.78 Å². The van der Waals surface area contributed by atoms with Crippen molar-refractivity contribution in [3.8, 4) is 17.2 Å². The van der Waals surface area contributed by atoms with E-state index < -0.39 is 17.7 Å². The molecule has 1 saturated heterocycles. The normalized spacial score (nSPS) is 15.5. The molecular formula is C36H30FN3O6S2. The fourth-order valence-electron chi connectivity index (χ4n) is 5.20. The highest BCUT2D eigenvalue weighted by atomic mass is 32.2. The molecular weight excluding hydrogens is 654 g/mol. The van der Waals surface area contributed by atoms with Crippen LogP contribution < -0.4 is 19.1 Å². The van der Waals surface area contributed by atoms with Crippen molar-refractivity contribution in [2.24, 2.45) is 0 Å². The van der Waals surface area contributed by atoms with Crippen LogP contribution in [0.15, 0.2) is 107 Å². The van der Waals surface area contributed by atoms with E-state index in [2.05, 4.69) is 10.2 Å². The number of nitrogens with zero attached hydrogens (tertiary/aromatic N) is 3. The van der Waals surface area contributed by atoms with Gasteiger partial charge in [0.15, 0.2) is 15.8 Å². The highest BCUT2D eigenvalue weighted by molar-refractivity contribution is 8.00. The molecule has 48 heavy (non-hydrogen) atoms. The highest BCUT2D eigenvalue weighted by Gasteiger charge is 2.48. The number of aromatic nitrogens is 2. The van der Waals surface area contributed by atoms with Crippen molar-refractivity contribution in [1.29, 1.82) is 0 Å². The number of rotatable bonds is 12. The summed E-state index contributed by atoms with van der Waals surface area (Å²) in [4.78, 5) is 28.7. The number of methoxy groups -OCH3 is 1. The number of aliphatic hydroxyl groups excluding tert-OH is 1. The van der Waals surface area contributed by atoms with Crippen LogP contribution in [0.25, 0.3) is 5.76 Å². The van der Waals surface area contributed by atoms with E-state index in [1.165, 1.54) is 29.8 Å². The minimum absolute atomic E-state index is 0.125. The molecule has 0 saturated carbocycles. The maximum Gasteiger partial charge on any atom is 0.301 e. The van der Waals surface area contributed by atoms with Crippen LogP contribution in [0.5, 0.6) is 17.2 Å². The van der Waals surface area contributed by atoms with Crippen molar-refractivity contribution in [3.63, 3.8) is 0 Å². The van der Waals surface area contributed by atoms with Gasteiger partial charge in [0.05, 0.1) is 25.3 Å². The number of halogens is 1. The first-order chi connectivity index (χ1) is 23.4. The van der Waals surface area contributed by atoms with E-state index in [0.717, 1.165) is 16.9 Å². The van der Waals surface area contributed by atoms with E-state index in [0.29, 0.717) is 57.2 Å². The van der Waals surface area contributed by atoms with Crippen LogP contribution in [-0.2, 0) is 21.9 Å². The minimum Gasteiger partial charge on any atom is -0.507 e. The Bertz CT molecular complexity index is 1970. The number of hydrogen-bond acceptors (Lipinski definition) is 10. The number of Topliss-reactive ketones (excluding diaryl/α,β-unsaturated/α-hetero) is 1. The molecule has 1 aromatic heterocycles. The fourth-order valence-corrected chi connectivity index (χ4v) is 7.05. The molecule has 1 fully saturated rings. The van der Waals surface area contributed by atoms with Gasteiger partial charge in [0, 0.05) is 11.3 Å². The van der Waals surface area contributed by atoms with Crippen LogP contribution >= 0.6 is 23.1 Å². The molecule has 1 amide bonds. The van der Waals surface area contributed by atoms with Gasteiger partial charge in [-0.1, -0.05) is 77.7 Å². The van der Waals surface area contributed by atoms with Crippen LogP contribution in [-0.4, -0.2) is 40.7 Å². The monoisotopic (exact) mass is 683 g/mol. The fraction of sp³-hybridized carbons (Fsp3) is 0.167. The van der Waals surface area contributed by atoms with Crippen molar-refractivity contribution in [2.45, 2.75) is 29.7 Å². The molecule has 5 aromatic rings. The first kappa shape index (κ1) is 32.7. The molecule has 244 valence electrons. The number of amides is 1. The van der Waals surface area contributed by atoms with Crippen molar-refractivity contribution < 1.29 is 33.3 Å². The Balaban J connectivity index is 1.38. The average Bonchev–Trinajstić information content (AvgIpc) is 3.69. The van der Waals surface area contributed by atoms with Gasteiger partial charge in [0.1, 0.15) is 23.9 Å². The number of anilines is 1. The number of hydrogen-bond donors (Lipinski definition) is 1. The summed E-state index contributed by atoms with van der Waals surface area (Å²) in [6.45, 7) is 2.62. The first-order valence-electron chi connectivity index (χ1n) is 15.0. The first-order valence-corrected chi connectivity index (χ1v) is 16.8. The molecule has 12 heteroatoms. The highest BCUT2D eigenvalue weighted by Crippen LogP contribution is 2.46. The van der Waals surface area contributed by atoms with Gasteiger partial charge in [-0.15, -0.1) is 10.2 Å². The summed E-state index contributed by atoms with van der Waals surface area (Å²) in [7, 11) is 1.50. The predicted octanol–water partition coefficient (Wildman–Crippen LogP) is 7.58. The Labute approximate surface area is 284 Å².